The van der Waals surface area contributed by atoms with Crippen LogP contribution in [-0.4, -0.2) is 31.7 Å². The first-order chi connectivity index (χ1) is 6.22. The fraction of sp³-hybridized carbons (Fsp3) is 0.875. The van der Waals surface area contributed by atoms with E-state index in [1.807, 2.05) is 0 Å². The molecule has 0 radical (unpaired) electrons. The second-order valence-corrected chi connectivity index (χ2v) is 2.85. The Morgan fingerprint density at radius 1 is 1.23 bits per heavy atom. The topological polar surface area (TPSA) is 104 Å². The van der Waals surface area contributed by atoms with Gasteiger partial charge in [-0.15, -0.1) is 0 Å². The van der Waals surface area contributed by atoms with Gasteiger partial charge in [-0.05, 0) is 32.4 Å². The van der Waals surface area contributed by atoms with Gasteiger partial charge in [-0.25, -0.2) is 0 Å². The van der Waals surface area contributed by atoms with Crippen LogP contribution in [0.25, 0.3) is 0 Å². The average molecular weight is 189 g/mol. The summed E-state index contributed by atoms with van der Waals surface area (Å²) in [5, 5.41) is 0. The standard InChI is InChI=1S/C8H19N3O2/c9-4-1-3-7(11)8(12)13-6-2-5-10/h7H,1-6,9-11H2/t7-/m0/s1. The number of carbonyl (C=O) groups excluding carboxylic acids is 1. The highest BCUT2D eigenvalue weighted by Crippen LogP contribution is 1.96. The summed E-state index contributed by atoms with van der Waals surface area (Å²) in [6.45, 7) is 1.42. The summed E-state index contributed by atoms with van der Waals surface area (Å²) >= 11 is 0. The molecule has 0 bridgehead atoms. The molecule has 0 aliphatic rings. The Balaban J connectivity index is 3.45. The molecule has 0 aliphatic carbocycles. The minimum Gasteiger partial charge on any atom is -0.464 e. The minimum atomic E-state index is -0.540. The lowest BCUT2D eigenvalue weighted by molar-refractivity contribution is -0.145. The van der Waals surface area contributed by atoms with Gasteiger partial charge in [-0.1, -0.05) is 0 Å². The Hall–Kier alpha value is -0.650. The molecule has 0 aromatic carbocycles. The zero-order valence-corrected chi connectivity index (χ0v) is 7.87. The maximum atomic E-state index is 11.1. The lowest BCUT2D eigenvalue weighted by Crippen LogP contribution is -2.33. The van der Waals surface area contributed by atoms with Crippen molar-refractivity contribution < 1.29 is 9.53 Å². The van der Waals surface area contributed by atoms with Crippen molar-refractivity contribution in [2.45, 2.75) is 25.3 Å². The normalized spacial score (nSPS) is 12.5. The van der Waals surface area contributed by atoms with E-state index >= 15 is 0 Å². The molecule has 0 saturated heterocycles. The van der Waals surface area contributed by atoms with Crippen LogP contribution in [0, 0.1) is 0 Å². The summed E-state index contributed by atoms with van der Waals surface area (Å²) in [6, 6.07) is -0.540. The summed E-state index contributed by atoms with van der Waals surface area (Å²) in [5.41, 5.74) is 16.0. The van der Waals surface area contributed by atoms with E-state index in [1.54, 1.807) is 0 Å². The van der Waals surface area contributed by atoms with Crippen LogP contribution in [-0.2, 0) is 9.53 Å². The molecule has 0 aliphatic heterocycles. The van der Waals surface area contributed by atoms with E-state index in [1.165, 1.54) is 0 Å². The number of rotatable bonds is 7. The van der Waals surface area contributed by atoms with Crippen molar-refractivity contribution in [1.29, 1.82) is 0 Å². The van der Waals surface area contributed by atoms with E-state index in [2.05, 4.69) is 0 Å². The van der Waals surface area contributed by atoms with Gasteiger partial charge >= 0.3 is 5.97 Å². The van der Waals surface area contributed by atoms with Crippen molar-refractivity contribution in [3.8, 4) is 0 Å². The molecule has 5 nitrogen and oxygen atoms in total. The number of esters is 1. The first kappa shape index (κ1) is 12.3. The van der Waals surface area contributed by atoms with Gasteiger partial charge in [0.1, 0.15) is 6.04 Å². The van der Waals surface area contributed by atoms with E-state index in [4.69, 9.17) is 21.9 Å². The number of nitrogens with two attached hydrogens (primary N) is 3. The van der Waals surface area contributed by atoms with Gasteiger partial charge in [0.15, 0.2) is 0 Å². The summed E-state index contributed by atoms with van der Waals surface area (Å²) in [5.74, 6) is -0.359. The molecule has 0 aromatic rings. The molecule has 0 heterocycles. The lowest BCUT2D eigenvalue weighted by atomic mass is 10.2. The smallest absolute Gasteiger partial charge is 0.322 e. The summed E-state index contributed by atoms with van der Waals surface area (Å²) in [6.07, 6.45) is 2.00. The average Bonchev–Trinajstić information content (AvgIpc) is 2.14. The van der Waals surface area contributed by atoms with E-state index < -0.39 is 6.04 Å². The molecule has 0 amide bonds. The highest BCUT2D eigenvalue weighted by Gasteiger charge is 2.13. The fourth-order valence-corrected chi connectivity index (χ4v) is 0.819. The molecule has 0 aromatic heterocycles. The van der Waals surface area contributed by atoms with Crippen LogP contribution in [0.15, 0.2) is 0 Å². The largest absolute Gasteiger partial charge is 0.464 e. The number of hydrogen-bond donors (Lipinski definition) is 3. The lowest BCUT2D eigenvalue weighted by Gasteiger charge is -2.10. The van der Waals surface area contributed by atoms with Crippen molar-refractivity contribution in [2.75, 3.05) is 19.7 Å². The minimum absolute atomic E-state index is 0.353. The third kappa shape index (κ3) is 6.51. The Morgan fingerprint density at radius 2 is 1.85 bits per heavy atom. The second-order valence-electron chi connectivity index (χ2n) is 2.85. The van der Waals surface area contributed by atoms with Gasteiger partial charge in [0.05, 0.1) is 6.61 Å². The summed E-state index contributed by atoms with van der Waals surface area (Å²) in [7, 11) is 0. The van der Waals surface area contributed by atoms with E-state index in [0.29, 0.717) is 32.5 Å². The molecular weight excluding hydrogens is 170 g/mol. The zero-order valence-electron chi connectivity index (χ0n) is 7.87. The number of hydrogen-bond acceptors (Lipinski definition) is 5. The van der Waals surface area contributed by atoms with Crippen molar-refractivity contribution in [3.05, 3.63) is 0 Å². The van der Waals surface area contributed by atoms with Gasteiger partial charge in [0, 0.05) is 0 Å². The van der Waals surface area contributed by atoms with E-state index in [-0.39, 0.29) is 5.97 Å². The van der Waals surface area contributed by atoms with Gasteiger partial charge in [0.25, 0.3) is 0 Å². The third-order valence-electron chi connectivity index (χ3n) is 1.61. The van der Waals surface area contributed by atoms with Gasteiger partial charge in [-0.3, -0.25) is 4.79 Å². The molecule has 1 atom stereocenters. The maximum absolute atomic E-state index is 11.1. The van der Waals surface area contributed by atoms with Crippen LogP contribution >= 0.6 is 0 Å². The molecule has 78 valence electrons. The molecule has 5 heteroatoms. The van der Waals surface area contributed by atoms with Crippen molar-refractivity contribution in [1.82, 2.24) is 0 Å². The number of ether oxygens (including phenoxy) is 1. The SMILES string of the molecule is NCCCOC(=O)[C@@H](N)CCCN. The first-order valence-corrected chi connectivity index (χ1v) is 4.54. The summed E-state index contributed by atoms with van der Waals surface area (Å²) < 4.78 is 4.86. The monoisotopic (exact) mass is 189 g/mol. The molecule has 0 fully saturated rings. The van der Waals surface area contributed by atoms with Crippen LogP contribution in [0.3, 0.4) is 0 Å². The molecular formula is C8H19N3O2. The van der Waals surface area contributed by atoms with Crippen molar-refractivity contribution in [2.24, 2.45) is 17.2 Å². The van der Waals surface area contributed by atoms with Crippen LogP contribution in [0.5, 0.6) is 0 Å². The Bertz CT molecular complexity index is 141. The predicted molar refractivity (Wildman–Crippen MR) is 50.9 cm³/mol. The van der Waals surface area contributed by atoms with Crippen molar-refractivity contribution in [3.63, 3.8) is 0 Å². The maximum Gasteiger partial charge on any atom is 0.322 e. The number of carbonyl (C=O) groups is 1. The molecule has 0 spiro atoms. The second kappa shape index (κ2) is 7.97. The molecule has 0 saturated carbocycles. The van der Waals surface area contributed by atoms with Gasteiger partial charge in [0.2, 0.25) is 0 Å². The fourth-order valence-electron chi connectivity index (χ4n) is 0.819. The predicted octanol–water partition coefficient (Wildman–Crippen LogP) is -1.06. The van der Waals surface area contributed by atoms with E-state index in [9.17, 15) is 4.79 Å². The van der Waals surface area contributed by atoms with E-state index in [0.717, 1.165) is 6.42 Å². The zero-order chi connectivity index (χ0) is 10.1. The quantitative estimate of drug-likeness (QED) is 0.350. The van der Waals surface area contributed by atoms with Crippen LogP contribution < -0.4 is 17.2 Å². The van der Waals surface area contributed by atoms with Gasteiger partial charge in [-0.2, -0.15) is 0 Å². The molecule has 0 rings (SSSR count). The van der Waals surface area contributed by atoms with Crippen LogP contribution in [0.4, 0.5) is 0 Å². The van der Waals surface area contributed by atoms with Crippen LogP contribution in [0.2, 0.25) is 0 Å². The molecule has 13 heavy (non-hydrogen) atoms. The van der Waals surface area contributed by atoms with Crippen LogP contribution in [0.1, 0.15) is 19.3 Å². The first-order valence-electron chi connectivity index (χ1n) is 4.54. The molecule has 0 unspecified atom stereocenters. The molecule has 6 N–H and O–H groups in total. The Kier molecular flexibility index (Phi) is 7.57. The highest BCUT2D eigenvalue weighted by molar-refractivity contribution is 5.75. The third-order valence-corrected chi connectivity index (χ3v) is 1.61. The van der Waals surface area contributed by atoms with Crippen molar-refractivity contribution >= 4 is 5.97 Å². The Morgan fingerprint density at radius 3 is 2.38 bits per heavy atom. The van der Waals surface area contributed by atoms with Gasteiger partial charge < -0.3 is 21.9 Å². The summed E-state index contributed by atoms with van der Waals surface area (Å²) in [4.78, 5) is 11.1. The Labute approximate surface area is 78.6 Å². The highest BCUT2D eigenvalue weighted by atomic mass is 16.5.